The summed E-state index contributed by atoms with van der Waals surface area (Å²) in [4.78, 5) is 5.06. The summed E-state index contributed by atoms with van der Waals surface area (Å²) in [5, 5.41) is 22.5. The van der Waals surface area contributed by atoms with Crippen LogP contribution in [0.3, 0.4) is 0 Å². The Labute approximate surface area is 232 Å². The van der Waals surface area contributed by atoms with E-state index in [9.17, 15) is 10.2 Å². The van der Waals surface area contributed by atoms with Crippen molar-refractivity contribution in [2.75, 3.05) is 13.1 Å². The lowest BCUT2D eigenvalue weighted by atomic mass is 9.79. The highest BCUT2D eigenvalue weighted by molar-refractivity contribution is 14.1. The molecule has 0 spiro atoms. The van der Waals surface area contributed by atoms with Gasteiger partial charge in [-0.3, -0.25) is 9.80 Å². The van der Waals surface area contributed by atoms with Gasteiger partial charge in [-0.1, -0.05) is 60.1 Å². The lowest BCUT2D eigenvalue weighted by Gasteiger charge is -2.36. The Balaban J connectivity index is 1.81. The lowest BCUT2D eigenvalue weighted by molar-refractivity contribution is 0.0949. The molecule has 2 atom stereocenters. The van der Waals surface area contributed by atoms with E-state index in [-0.39, 0.29) is 17.0 Å². The van der Waals surface area contributed by atoms with Crippen molar-refractivity contribution in [3.05, 3.63) is 53.7 Å². The molecule has 0 aromatic heterocycles. The van der Waals surface area contributed by atoms with Crippen LogP contribution < -0.4 is 0 Å². The van der Waals surface area contributed by atoms with Crippen LogP contribution in [-0.4, -0.2) is 39.1 Å². The third-order valence-electron chi connectivity index (χ3n) is 7.35. The Bertz CT molecular complexity index is 1070. The van der Waals surface area contributed by atoms with E-state index >= 15 is 0 Å². The zero-order valence-corrected chi connectivity index (χ0v) is 25.6. The minimum atomic E-state index is -0.147. The van der Waals surface area contributed by atoms with Crippen LogP contribution in [0, 0.1) is 7.14 Å². The molecule has 2 heterocycles. The van der Waals surface area contributed by atoms with Crippen LogP contribution in [0.15, 0.2) is 24.3 Å². The van der Waals surface area contributed by atoms with Crippen LogP contribution in [0.5, 0.6) is 11.5 Å². The number of phenols is 2. The van der Waals surface area contributed by atoms with E-state index in [1.54, 1.807) is 0 Å². The monoisotopic (exact) mass is 688 g/mol. The quantitative estimate of drug-likeness (QED) is 0.334. The predicted molar refractivity (Wildman–Crippen MR) is 157 cm³/mol. The van der Waals surface area contributed by atoms with E-state index in [1.165, 1.54) is 24.8 Å². The molecule has 4 rings (SSSR count). The molecule has 2 aliphatic heterocycles. The molecule has 0 saturated carbocycles. The number of nitrogens with zero attached hydrogens (tertiary/aromatic N) is 2. The average Bonchev–Trinajstić information content (AvgIpc) is 3.08. The molecule has 4 nitrogen and oxygen atoms in total. The summed E-state index contributed by atoms with van der Waals surface area (Å²) in [5.74, 6) is 0.816. The maximum atomic E-state index is 11.4. The van der Waals surface area contributed by atoms with Gasteiger partial charge in [-0.2, -0.15) is 0 Å². The number of aromatic hydroxyl groups is 2. The summed E-state index contributed by atoms with van der Waals surface area (Å²) in [6, 6.07) is 9.05. The van der Waals surface area contributed by atoms with Crippen molar-refractivity contribution >= 4 is 45.2 Å². The van der Waals surface area contributed by atoms with Crippen LogP contribution in [0.25, 0.3) is 0 Å². The van der Waals surface area contributed by atoms with Gasteiger partial charge < -0.3 is 10.2 Å². The Hall–Kier alpha value is -0.580. The van der Waals surface area contributed by atoms with Crippen LogP contribution in [-0.2, 0) is 17.4 Å². The Morgan fingerprint density at radius 1 is 0.912 bits per heavy atom. The highest BCUT2D eigenvalue weighted by Crippen LogP contribution is 2.45. The molecule has 0 bridgehead atoms. The van der Waals surface area contributed by atoms with Gasteiger partial charge in [-0.05, 0) is 92.1 Å². The molecule has 186 valence electrons. The van der Waals surface area contributed by atoms with E-state index in [1.807, 2.05) is 6.07 Å². The molecule has 0 radical (unpaired) electrons. The summed E-state index contributed by atoms with van der Waals surface area (Å²) >= 11 is 4.59. The fraction of sp³-hybridized carbons (Fsp3) is 0.571. The molecule has 2 aromatic carbocycles. The first-order valence-electron chi connectivity index (χ1n) is 12.3. The minimum Gasteiger partial charge on any atom is -0.507 e. The van der Waals surface area contributed by atoms with E-state index in [2.05, 4.69) is 115 Å². The number of hydrogen-bond donors (Lipinski definition) is 2. The minimum absolute atomic E-state index is 0.00568. The number of hydrogen-bond acceptors (Lipinski definition) is 4. The van der Waals surface area contributed by atoms with E-state index in [0.717, 1.165) is 36.9 Å². The molecule has 0 unspecified atom stereocenters. The highest BCUT2D eigenvalue weighted by Gasteiger charge is 2.43. The van der Waals surface area contributed by atoms with Gasteiger partial charge in [0.1, 0.15) is 11.5 Å². The van der Waals surface area contributed by atoms with Crippen molar-refractivity contribution in [1.29, 1.82) is 0 Å². The molecule has 2 aromatic rings. The second-order valence-corrected chi connectivity index (χ2v) is 14.5. The third kappa shape index (κ3) is 5.25. The molecule has 0 amide bonds. The Morgan fingerprint density at radius 2 is 1.62 bits per heavy atom. The van der Waals surface area contributed by atoms with Gasteiger partial charge in [0.15, 0.2) is 0 Å². The van der Waals surface area contributed by atoms with Crippen molar-refractivity contribution in [3.8, 4) is 11.5 Å². The zero-order chi connectivity index (χ0) is 25.0. The molecule has 2 aliphatic rings. The van der Waals surface area contributed by atoms with Gasteiger partial charge in [-0.25, -0.2) is 0 Å². The number of fused-ring (bicyclic) bond motifs is 1. The number of phenolic OH excluding ortho intramolecular Hbond substituents is 2. The number of halogens is 2. The van der Waals surface area contributed by atoms with Crippen molar-refractivity contribution in [1.82, 2.24) is 9.80 Å². The van der Waals surface area contributed by atoms with Crippen LogP contribution in [0.2, 0.25) is 0 Å². The number of benzene rings is 2. The lowest BCUT2D eigenvalue weighted by Crippen LogP contribution is -2.37. The summed E-state index contributed by atoms with van der Waals surface area (Å²) in [6.07, 6.45) is 3.66. The summed E-state index contributed by atoms with van der Waals surface area (Å²) < 4.78 is 2.04. The van der Waals surface area contributed by atoms with Gasteiger partial charge in [0, 0.05) is 40.4 Å². The van der Waals surface area contributed by atoms with Crippen molar-refractivity contribution in [2.24, 2.45) is 0 Å². The van der Waals surface area contributed by atoms with Crippen molar-refractivity contribution < 1.29 is 10.2 Å². The second kappa shape index (κ2) is 9.71. The first kappa shape index (κ1) is 26.5. The smallest absolute Gasteiger partial charge is 0.135 e. The highest BCUT2D eigenvalue weighted by atomic mass is 127. The van der Waals surface area contributed by atoms with Crippen molar-refractivity contribution in [2.45, 2.75) is 90.4 Å². The normalized spacial score (nSPS) is 22.2. The number of piperidine rings is 1. The Kier molecular flexibility index (Phi) is 7.56. The fourth-order valence-electron chi connectivity index (χ4n) is 5.47. The molecule has 0 aliphatic carbocycles. The van der Waals surface area contributed by atoms with Crippen LogP contribution in [0.1, 0.15) is 89.2 Å². The van der Waals surface area contributed by atoms with Gasteiger partial charge in [0.05, 0.1) is 9.74 Å². The Morgan fingerprint density at radius 3 is 2.26 bits per heavy atom. The fourth-order valence-corrected chi connectivity index (χ4v) is 7.36. The van der Waals surface area contributed by atoms with Crippen LogP contribution >= 0.6 is 45.2 Å². The maximum Gasteiger partial charge on any atom is 0.135 e. The van der Waals surface area contributed by atoms with Gasteiger partial charge in [-0.15, -0.1) is 0 Å². The molecule has 2 saturated heterocycles. The van der Waals surface area contributed by atoms with Gasteiger partial charge >= 0.3 is 0 Å². The third-order valence-corrected chi connectivity index (χ3v) is 8.80. The van der Waals surface area contributed by atoms with E-state index in [4.69, 9.17) is 0 Å². The van der Waals surface area contributed by atoms with Crippen LogP contribution in [0.4, 0.5) is 0 Å². The summed E-state index contributed by atoms with van der Waals surface area (Å²) in [7, 11) is 0. The molecule has 2 N–H and O–H groups in total. The first-order valence-corrected chi connectivity index (χ1v) is 14.5. The predicted octanol–water partition coefficient (Wildman–Crippen LogP) is 7.27. The standard InChI is InChI=1S/C28H38I2N2O2/c1-27(2,3)18-11-17(24(33)22(12-18)28(4,5)6)15-31-16-20-9-7-8-10-32(20)26(31)21-13-19(29)14-23(30)25(21)34/h11-14,20,26,33-34H,7-10,15-16H2,1-6H3/t20-,26+/m0/s1. The molecule has 6 heteroatoms. The summed E-state index contributed by atoms with van der Waals surface area (Å²) in [6.45, 7) is 15.9. The summed E-state index contributed by atoms with van der Waals surface area (Å²) in [5.41, 5.74) is 4.09. The van der Waals surface area contributed by atoms with Gasteiger partial charge in [0.25, 0.3) is 0 Å². The largest absolute Gasteiger partial charge is 0.507 e. The topological polar surface area (TPSA) is 46.9 Å². The van der Waals surface area contributed by atoms with Crippen molar-refractivity contribution in [3.63, 3.8) is 0 Å². The molecular weight excluding hydrogens is 650 g/mol. The first-order chi connectivity index (χ1) is 15.8. The molecular formula is C28H38I2N2O2. The van der Waals surface area contributed by atoms with E-state index in [0.29, 0.717) is 24.1 Å². The number of rotatable bonds is 3. The van der Waals surface area contributed by atoms with Gasteiger partial charge in [0.2, 0.25) is 0 Å². The molecule has 2 fully saturated rings. The average molecular weight is 688 g/mol. The second-order valence-electron chi connectivity index (χ2n) is 12.0. The van der Waals surface area contributed by atoms with E-state index < -0.39 is 0 Å². The maximum absolute atomic E-state index is 11.4. The zero-order valence-electron chi connectivity index (χ0n) is 21.3. The molecule has 34 heavy (non-hydrogen) atoms. The SMILES string of the molecule is CC(C)(C)c1cc(CN2C[C@@H]3CCCCN3[C@@H]2c2cc(I)cc(I)c2O)c(O)c(C(C)(C)C)c1.